The van der Waals surface area contributed by atoms with Crippen molar-refractivity contribution >= 4 is 28.7 Å². The van der Waals surface area contributed by atoms with E-state index in [1.807, 2.05) is 31.2 Å². The molecule has 0 bridgehead atoms. The number of nitrogens with one attached hydrogen (secondary N) is 2. The van der Waals surface area contributed by atoms with Crippen molar-refractivity contribution in [3.8, 4) is 0 Å². The number of halogens is 1. The molecule has 0 fully saturated rings. The Kier molecular flexibility index (Phi) is 5.15. The first-order valence-electron chi connectivity index (χ1n) is 7.75. The number of carbonyl (C=O) groups excluding carboxylic acids is 1. The Balaban J connectivity index is 1.50. The van der Waals surface area contributed by atoms with Crippen molar-refractivity contribution in [3.63, 3.8) is 0 Å². The van der Waals surface area contributed by atoms with Gasteiger partial charge in [0.15, 0.2) is 5.16 Å². The van der Waals surface area contributed by atoms with Crippen LogP contribution in [0.25, 0.3) is 11.0 Å². The molecule has 1 amide bonds. The number of benzene rings is 2. The SMILES string of the molecule is C[C@H](Sc1nc2ccccc2[nH]1)C(=O)NCCc1ccc(F)cc1. The van der Waals surface area contributed by atoms with Gasteiger partial charge in [0.1, 0.15) is 5.82 Å². The molecule has 3 rings (SSSR count). The van der Waals surface area contributed by atoms with Gasteiger partial charge in [0.05, 0.1) is 16.3 Å². The maximum atomic E-state index is 12.8. The van der Waals surface area contributed by atoms with Crippen LogP contribution in [0.1, 0.15) is 12.5 Å². The van der Waals surface area contributed by atoms with Gasteiger partial charge in [-0.05, 0) is 43.2 Å². The molecule has 0 aliphatic heterocycles. The summed E-state index contributed by atoms with van der Waals surface area (Å²) in [6, 6.07) is 14.1. The number of rotatable bonds is 6. The monoisotopic (exact) mass is 343 g/mol. The van der Waals surface area contributed by atoms with E-state index < -0.39 is 0 Å². The lowest BCUT2D eigenvalue weighted by Crippen LogP contribution is -2.32. The highest BCUT2D eigenvalue weighted by Crippen LogP contribution is 2.23. The van der Waals surface area contributed by atoms with Crippen molar-refractivity contribution in [2.75, 3.05) is 6.54 Å². The number of nitrogens with zero attached hydrogens (tertiary/aromatic N) is 1. The van der Waals surface area contributed by atoms with Crippen LogP contribution in [0, 0.1) is 5.82 Å². The molecule has 3 aromatic rings. The summed E-state index contributed by atoms with van der Waals surface area (Å²) in [5.41, 5.74) is 2.85. The van der Waals surface area contributed by atoms with E-state index in [-0.39, 0.29) is 17.0 Å². The number of carbonyl (C=O) groups is 1. The highest BCUT2D eigenvalue weighted by atomic mass is 32.2. The fourth-order valence-corrected chi connectivity index (χ4v) is 3.18. The molecule has 124 valence electrons. The Morgan fingerprint density at radius 2 is 2.00 bits per heavy atom. The smallest absolute Gasteiger partial charge is 0.233 e. The summed E-state index contributed by atoms with van der Waals surface area (Å²) in [6.07, 6.45) is 0.675. The number of imidazole rings is 1. The zero-order valence-corrected chi connectivity index (χ0v) is 14.1. The van der Waals surface area contributed by atoms with Gasteiger partial charge in [-0.1, -0.05) is 36.0 Å². The lowest BCUT2D eigenvalue weighted by molar-refractivity contribution is -0.120. The number of hydrogen-bond acceptors (Lipinski definition) is 3. The maximum Gasteiger partial charge on any atom is 0.233 e. The molecule has 1 atom stereocenters. The molecule has 1 heterocycles. The van der Waals surface area contributed by atoms with Crippen LogP contribution in [-0.2, 0) is 11.2 Å². The summed E-state index contributed by atoms with van der Waals surface area (Å²) in [7, 11) is 0. The van der Waals surface area contributed by atoms with Crippen molar-refractivity contribution in [1.82, 2.24) is 15.3 Å². The van der Waals surface area contributed by atoms with Gasteiger partial charge in [0.2, 0.25) is 5.91 Å². The van der Waals surface area contributed by atoms with E-state index in [0.29, 0.717) is 13.0 Å². The van der Waals surface area contributed by atoms with Gasteiger partial charge < -0.3 is 10.3 Å². The first-order chi connectivity index (χ1) is 11.6. The third-order valence-electron chi connectivity index (χ3n) is 3.65. The molecule has 4 nitrogen and oxygen atoms in total. The predicted molar refractivity (Wildman–Crippen MR) is 94.5 cm³/mol. The number of aromatic nitrogens is 2. The number of aromatic amines is 1. The number of thioether (sulfide) groups is 1. The second-order valence-corrected chi connectivity index (χ2v) is 6.82. The lowest BCUT2D eigenvalue weighted by Gasteiger charge is -2.10. The molecule has 1 aromatic heterocycles. The van der Waals surface area contributed by atoms with Crippen molar-refractivity contribution in [1.29, 1.82) is 0 Å². The van der Waals surface area contributed by atoms with Gasteiger partial charge >= 0.3 is 0 Å². The van der Waals surface area contributed by atoms with Crippen LogP contribution in [0.15, 0.2) is 53.7 Å². The summed E-state index contributed by atoms with van der Waals surface area (Å²) in [5, 5.41) is 3.39. The van der Waals surface area contributed by atoms with Crippen LogP contribution in [0.4, 0.5) is 4.39 Å². The average molecular weight is 343 g/mol. The van der Waals surface area contributed by atoms with Crippen LogP contribution < -0.4 is 5.32 Å². The number of H-pyrrole nitrogens is 1. The quantitative estimate of drug-likeness (QED) is 0.673. The Morgan fingerprint density at radius 1 is 1.25 bits per heavy atom. The molecule has 6 heteroatoms. The van der Waals surface area contributed by atoms with E-state index in [1.165, 1.54) is 23.9 Å². The van der Waals surface area contributed by atoms with Crippen molar-refractivity contribution < 1.29 is 9.18 Å². The van der Waals surface area contributed by atoms with Crippen molar-refractivity contribution in [2.24, 2.45) is 0 Å². The Morgan fingerprint density at radius 3 is 2.75 bits per heavy atom. The van der Waals surface area contributed by atoms with E-state index in [0.717, 1.165) is 21.8 Å². The van der Waals surface area contributed by atoms with Gasteiger partial charge in [-0.25, -0.2) is 9.37 Å². The molecular formula is C18H18FN3OS. The van der Waals surface area contributed by atoms with Crippen LogP contribution in [0.2, 0.25) is 0 Å². The van der Waals surface area contributed by atoms with E-state index in [1.54, 1.807) is 12.1 Å². The average Bonchev–Trinajstić information content (AvgIpc) is 2.98. The largest absolute Gasteiger partial charge is 0.355 e. The van der Waals surface area contributed by atoms with Crippen LogP contribution >= 0.6 is 11.8 Å². The summed E-state index contributed by atoms with van der Waals surface area (Å²) >= 11 is 1.40. The van der Waals surface area contributed by atoms with E-state index in [2.05, 4.69) is 15.3 Å². The maximum absolute atomic E-state index is 12.8. The van der Waals surface area contributed by atoms with Gasteiger partial charge in [0.25, 0.3) is 0 Å². The Bertz CT molecular complexity index is 799. The number of hydrogen-bond donors (Lipinski definition) is 2. The highest BCUT2D eigenvalue weighted by Gasteiger charge is 2.16. The van der Waals surface area contributed by atoms with E-state index >= 15 is 0 Å². The molecule has 2 N–H and O–H groups in total. The molecule has 0 aliphatic rings. The van der Waals surface area contributed by atoms with Gasteiger partial charge in [-0.3, -0.25) is 4.79 Å². The van der Waals surface area contributed by atoms with Gasteiger partial charge in [-0.2, -0.15) is 0 Å². The highest BCUT2D eigenvalue weighted by molar-refractivity contribution is 8.00. The summed E-state index contributed by atoms with van der Waals surface area (Å²) < 4.78 is 12.8. The van der Waals surface area contributed by atoms with Gasteiger partial charge in [0, 0.05) is 6.54 Å². The molecule has 0 spiro atoms. The normalized spacial score (nSPS) is 12.2. The third-order valence-corrected chi connectivity index (χ3v) is 4.64. The first-order valence-corrected chi connectivity index (χ1v) is 8.63. The predicted octanol–water partition coefficient (Wildman–Crippen LogP) is 3.54. The molecule has 2 aromatic carbocycles. The fourth-order valence-electron chi connectivity index (χ4n) is 2.33. The summed E-state index contributed by atoms with van der Waals surface area (Å²) in [5.74, 6) is -0.291. The minimum atomic E-state index is -0.251. The molecule has 24 heavy (non-hydrogen) atoms. The molecule has 0 saturated carbocycles. The summed E-state index contributed by atoms with van der Waals surface area (Å²) in [6.45, 7) is 2.38. The summed E-state index contributed by atoms with van der Waals surface area (Å²) in [4.78, 5) is 19.8. The molecule has 0 aliphatic carbocycles. The molecule has 0 unspecified atom stereocenters. The van der Waals surface area contributed by atoms with Crippen LogP contribution in [0.5, 0.6) is 0 Å². The minimum absolute atomic E-state index is 0.0393. The lowest BCUT2D eigenvalue weighted by atomic mass is 10.1. The number of para-hydroxylation sites is 2. The second-order valence-electron chi connectivity index (χ2n) is 5.49. The fraction of sp³-hybridized carbons (Fsp3) is 0.222. The van der Waals surface area contributed by atoms with E-state index in [4.69, 9.17) is 0 Å². The standard InChI is InChI=1S/C18H18FN3OS/c1-12(24-18-21-15-4-2-3-5-16(15)22-18)17(23)20-11-10-13-6-8-14(19)9-7-13/h2-9,12H,10-11H2,1H3,(H,20,23)(H,21,22)/t12-/m0/s1. The Labute approximate surface area is 143 Å². The van der Waals surface area contributed by atoms with Crippen LogP contribution in [-0.4, -0.2) is 27.7 Å². The Hall–Kier alpha value is -2.34. The number of fused-ring (bicyclic) bond motifs is 1. The molecular weight excluding hydrogens is 325 g/mol. The first kappa shape index (κ1) is 16.5. The van der Waals surface area contributed by atoms with E-state index in [9.17, 15) is 9.18 Å². The zero-order valence-electron chi connectivity index (χ0n) is 13.3. The molecule has 0 saturated heterocycles. The topological polar surface area (TPSA) is 57.8 Å². The van der Waals surface area contributed by atoms with Crippen LogP contribution in [0.3, 0.4) is 0 Å². The van der Waals surface area contributed by atoms with Crippen molar-refractivity contribution in [3.05, 3.63) is 59.9 Å². The molecule has 0 radical (unpaired) electrons. The van der Waals surface area contributed by atoms with Crippen molar-refractivity contribution in [2.45, 2.75) is 23.8 Å². The minimum Gasteiger partial charge on any atom is -0.355 e. The second kappa shape index (κ2) is 7.49. The van der Waals surface area contributed by atoms with Gasteiger partial charge in [-0.15, -0.1) is 0 Å². The zero-order chi connectivity index (χ0) is 16.9. The third kappa shape index (κ3) is 4.14. The number of amides is 1.